The summed E-state index contributed by atoms with van der Waals surface area (Å²) in [6.07, 6.45) is -0.0371. The molecule has 0 heterocycles. The van der Waals surface area contributed by atoms with E-state index in [1.54, 1.807) is 14.2 Å². The second kappa shape index (κ2) is 3.70. The Morgan fingerprint density at radius 2 is 1.87 bits per heavy atom. The van der Waals surface area contributed by atoms with Crippen molar-refractivity contribution in [2.45, 2.75) is 20.0 Å². The van der Waals surface area contributed by atoms with Gasteiger partial charge >= 0.3 is 0 Å². The van der Waals surface area contributed by atoms with Crippen LogP contribution in [0.3, 0.4) is 0 Å². The van der Waals surface area contributed by atoms with Crippen molar-refractivity contribution in [3.63, 3.8) is 0 Å². The standard InChI is InChI=1S/C13H16O2/c1-8-5-6-10-9(2)12(14-3)13(15-4)11(10)7-8/h5-7,13H,1-4H3. The van der Waals surface area contributed by atoms with E-state index in [4.69, 9.17) is 9.47 Å². The first-order chi connectivity index (χ1) is 7.19. The maximum absolute atomic E-state index is 5.48. The molecule has 2 nitrogen and oxygen atoms in total. The van der Waals surface area contributed by atoms with E-state index in [-0.39, 0.29) is 6.10 Å². The SMILES string of the molecule is COC1=C(C)c2ccc(C)cc2C1OC. The van der Waals surface area contributed by atoms with Crippen molar-refractivity contribution in [3.05, 3.63) is 40.6 Å². The monoisotopic (exact) mass is 204 g/mol. The predicted octanol–water partition coefficient (Wildman–Crippen LogP) is 3.07. The van der Waals surface area contributed by atoms with Gasteiger partial charge < -0.3 is 9.47 Å². The zero-order chi connectivity index (χ0) is 11.0. The van der Waals surface area contributed by atoms with Gasteiger partial charge in [0.2, 0.25) is 0 Å². The number of fused-ring (bicyclic) bond motifs is 1. The van der Waals surface area contributed by atoms with E-state index in [1.807, 2.05) is 0 Å². The summed E-state index contributed by atoms with van der Waals surface area (Å²) < 4.78 is 10.9. The highest BCUT2D eigenvalue weighted by molar-refractivity contribution is 5.75. The van der Waals surface area contributed by atoms with Crippen molar-refractivity contribution in [3.8, 4) is 0 Å². The Bertz CT molecular complexity index is 419. The zero-order valence-electron chi connectivity index (χ0n) is 9.63. The highest BCUT2D eigenvalue weighted by Crippen LogP contribution is 2.42. The van der Waals surface area contributed by atoms with Crippen LogP contribution in [0.15, 0.2) is 24.0 Å². The smallest absolute Gasteiger partial charge is 0.140 e. The molecule has 2 heteroatoms. The second-order valence-corrected chi connectivity index (χ2v) is 3.90. The van der Waals surface area contributed by atoms with Crippen LogP contribution in [0.2, 0.25) is 0 Å². The molecule has 1 aliphatic carbocycles. The topological polar surface area (TPSA) is 18.5 Å². The van der Waals surface area contributed by atoms with Crippen LogP contribution in [0.25, 0.3) is 5.57 Å². The number of hydrogen-bond donors (Lipinski definition) is 0. The minimum atomic E-state index is -0.0371. The van der Waals surface area contributed by atoms with E-state index in [1.165, 1.54) is 22.3 Å². The highest BCUT2D eigenvalue weighted by Gasteiger charge is 2.30. The van der Waals surface area contributed by atoms with Gasteiger partial charge in [0.25, 0.3) is 0 Å². The van der Waals surface area contributed by atoms with E-state index < -0.39 is 0 Å². The Labute approximate surface area is 90.5 Å². The third-order valence-corrected chi connectivity index (χ3v) is 2.96. The second-order valence-electron chi connectivity index (χ2n) is 3.90. The quantitative estimate of drug-likeness (QED) is 0.737. The molecule has 0 spiro atoms. The van der Waals surface area contributed by atoms with Gasteiger partial charge in [0.1, 0.15) is 11.9 Å². The molecule has 1 aromatic carbocycles. The van der Waals surface area contributed by atoms with E-state index in [2.05, 4.69) is 32.0 Å². The van der Waals surface area contributed by atoms with E-state index in [0.29, 0.717) is 0 Å². The van der Waals surface area contributed by atoms with Crippen LogP contribution in [0.4, 0.5) is 0 Å². The van der Waals surface area contributed by atoms with Crippen molar-refractivity contribution in [1.29, 1.82) is 0 Å². The molecule has 1 aliphatic rings. The molecule has 0 saturated heterocycles. The van der Waals surface area contributed by atoms with Crippen molar-refractivity contribution in [2.24, 2.45) is 0 Å². The number of allylic oxidation sites excluding steroid dienone is 1. The highest BCUT2D eigenvalue weighted by atomic mass is 16.5. The first-order valence-electron chi connectivity index (χ1n) is 5.07. The van der Waals surface area contributed by atoms with Crippen molar-refractivity contribution < 1.29 is 9.47 Å². The molecule has 0 aliphatic heterocycles. The van der Waals surface area contributed by atoms with Crippen LogP contribution >= 0.6 is 0 Å². The number of hydrogen-bond acceptors (Lipinski definition) is 2. The Kier molecular flexibility index (Phi) is 2.53. The van der Waals surface area contributed by atoms with E-state index in [9.17, 15) is 0 Å². The lowest BCUT2D eigenvalue weighted by molar-refractivity contribution is 0.0834. The van der Waals surface area contributed by atoms with Gasteiger partial charge in [-0.25, -0.2) is 0 Å². The van der Waals surface area contributed by atoms with E-state index >= 15 is 0 Å². The number of benzene rings is 1. The maximum atomic E-state index is 5.48. The van der Waals surface area contributed by atoms with Crippen LogP contribution in [0.5, 0.6) is 0 Å². The van der Waals surface area contributed by atoms with Crippen molar-refractivity contribution in [2.75, 3.05) is 14.2 Å². The number of ether oxygens (including phenoxy) is 2. The summed E-state index contributed by atoms with van der Waals surface area (Å²) in [6, 6.07) is 6.42. The third-order valence-electron chi connectivity index (χ3n) is 2.96. The summed E-state index contributed by atoms with van der Waals surface area (Å²) in [5, 5.41) is 0. The summed E-state index contributed by atoms with van der Waals surface area (Å²) in [4.78, 5) is 0. The van der Waals surface area contributed by atoms with Gasteiger partial charge in [-0.2, -0.15) is 0 Å². The Hall–Kier alpha value is -1.28. The van der Waals surface area contributed by atoms with Gasteiger partial charge in [-0.15, -0.1) is 0 Å². The Morgan fingerprint density at radius 3 is 2.47 bits per heavy atom. The molecule has 0 radical (unpaired) electrons. The van der Waals surface area contributed by atoms with Crippen molar-refractivity contribution in [1.82, 2.24) is 0 Å². The lowest BCUT2D eigenvalue weighted by atomic mass is 10.0. The largest absolute Gasteiger partial charge is 0.498 e. The van der Waals surface area contributed by atoms with Crippen LogP contribution in [-0.2, 0) is 9.47 Å². The fourth-order valence-corrected chi connectivity index (χ4v) is 2.21. The molecular weight excluding hydrogens is 188 g/mol. The summed E-state index contributed by atoms with van der Waals surface area (Å²) in [5.74, 6) is 0.929. The van der Waals surface area contributed by atoms with Gasteiger partial charge in [0.15, 0.2) is 0 Å². The lowest BCUT2D eigenvalue weighted by Gasteiger charge is -2.14. The molecule has 1 atom stereocenters. The number of rotatable bonds is 2. The Balaban J connectivity index is 2.57. The summed E-state index contributed by atoms with van der Waals surface area (Å²) in [6.45, 7) is 4.17. The van der Waals surface area contributed by atoms with Crippen LogP contribution in [-0.4, -0.2) is 14.2 Å². The van der Waals surface area contributed by atoms with Crippen LogP contribution < -0.4 is 0 Å². The molecule has 2 rings (SSSR count). The summed E-state index contributed by atoms with van der Waals surface area (Å²) in [7, 11) is 3.41. The molecule has 0 amide bonds. The van der Waals surface area contributed by atoms with E-state index in [0.717, 1.165) is 5.76 Å². The fraction of sp³-hybridized carbons (Fsp3) is 0.385. The molecule has 1 aromatic rings. The predicted molar refractivity (Wildman–Crippen MR) is 60.5 cm³/mol. The molecule has 0 N–H and O–H groups in total. The molecule has 1 unspecified atom stereocenters. The zero-order valence-corrected chi connectivity index (χ0v) is 9.63. The number of methoxy groups -OCH3 is 2. The third kappa shape index (κ3) is 1.45. The molecular formula is C13H16O2. The molecule has 0 saturated carbocycles. The molecule has 0 bridgehead atoms. The normalized spacial score (nSPS) is 19.3. The minimum absolute atomic E-state index is 0.0371. The summed E-state index contributed by atoms with van der Waals surface area (Å²) in [5.41, 5.74) is 4.89. The van der Waals surface area contributed by atoms with Gasteiger partial charge in [-0.05, 0) is 30.5 Å². The van der Waals surface area contributed by atoms with Crippen LogP contribution in [0.1, 0.15) is 29.7 Å². The molecule has 0 aromatic heterocycles. The first kappa shape index (κ1) is 10.2. The lowest BCUT2D eigenvalue weighted by Crippen LogP contribution is -2.03. The molecule has 15 heavy (non-hydrogen) atoms. The van der Waals surface area contributed by atoms with Gasteiger partial charge in [-0.1, -0.05) is 23.8 Å². The maximum Gasteiger partial charge on any atom is 0.140 e. The van der Waals surface area contributed by atoms with Crippen LogP contribution in [0, 0.1) is 6.92 Å². The van der Waals surface area contributed by atoms with Gasteiger partial charge in [-0.3, -0.25) is 0 Å². The van der Waals surface area contributed by atoms with Gasteiger partial charge in [0, 0.05) is 7.11 Å². The average Bonchev–Trinajstić information content (AvgIpc) is 2.50. The average molecular weight is 204 g/mol. The molecule has 80 valence electrons. The fourth-order valence-electron chi connectivity index (χ4n) is 2.21. The van der Waals surface area contributed by atoms with Crippen molar-refractivity contribution >= 4 is 5.57 Å². The minimum Gasteiger partial charge on any atom is -0.498 e. The first-order valence-corrected chi connectivity index (χ1v) is 5.07. The summed E-state index contributed by atoms with van der Waals surface area (Å²) >= 11 is 0. The molecule has 0 fully saturated rings. The van der Waals surface area contributed by atoms with Gasteiger partial charge in [0.05, 0.1) is 7.11 Å². The Morgan fingerprint density at radius 1 is 1.13 bits per heavy atom. The number of aryl methyl sites for hydroxylation is 1.